The molecule has 0 saturated heterocycles. The van der Waals surface area contributed by atoms with Crippen LogP contribution < -0.4 is 10.1 Å². The number of aliphatic hydroxyl groups is 1. The first-order valence-electron chi connectivity index (χ1n) is 7.89. The highest BCUT2D eigenvalue weighted by Gasteiger charge is 2.41. The smallest absolute Gasteiger partial charge is 0.304 e. The molecule has 4 nitrogen and oxygen atoms in total. The largest absolute Gasteiger partial charge is 0.454 e. The summed E-state index contributed by atoms with van der Waals surface area (Å²) in [6.45, 7) is 3.36. The zero-order valence-corrected chi connectivity index (χ0v) is 13.6. The second-order valence-electron chi connectivity index (χ2n) is 6.47. The lowest BCUT2D eigenvalue weighted by Gasteiger charge is -2.24. The number of carbonyl (C=O) groups is 1. The summed E-state index contributed by atoms with van der Waals surface area (Å²) in [6.07, 6.45) is -4.09. The minimum Gasteiger partial charge on any atom is -0.454 e. The van der Waals surface area contributed by atoms with Crippen LogP contribution in [-0.2, 0) is 4.79 Å². The van der Waals surface area contributed by atoms with Gasteiger partial charge in [0.15, 0.2) is 0 Å². The van der Waals surface area contributed by atoms with Gasteiger partial charge in [-0.25, -0.2) is 8.78 Å². The number of amides is 1. The molecular formula is C17H22F3NO3. The van der Waals surface area contributed by atoms with Crippen molar-refractivity contribution in [1.29, 1.82) is 0 Å². The number of carbonyl (C=O) groups excluding carboxylic acids is 1. The van der Waals surface area contributed by atoms with Crippen molar-refractivity contribution >= 4 is 5.91 Å². The van der Waals surface area contributed by atoms with Gasteiger partial charge in [-0.05, 0) is 50.3 Å². The number of ether oxygens (including phenoxy) is 1. The quantitative estimate of drug-likeness (QED) is 0.760. The van der Waals surface area contributed by atoms with Gasteiger partial charge in [0.2, 0.25) is 5.91 Å². The lowest BCUT2D eigenvalue weighted by atomic mass is 9.95. The standard InChI is InChI=1S/C17H22F3NO3/c1-10(21-14(22)9-17(2,23)12-6-7-12)11-4-3-5-13(8-11)24-16(20)15(18)19/h3-5,8,10,12,15-16,23H,6-7,9H2,1-2H3,(H,21,22)/t10-,16?,17?/m0/s1. The van der Waals surface area contributed by atoms with Crippen molar-refractivity contribution in [1.82, 2.24) is 5.32 Å². The number of benzene rings is 1. The number of hydrogen-bond acceptors (Lipinski definition) is 3. The molecule has 0 spiro atoms. The Morgan fingerprint density at radius 2 is 2.08 bits per heavy atom. The normalized spacial score (nSPS) is 19.5. The molecule has 0 aliphatic heterocycles. The highest BCUT2D eigenvalue weighted by Crippen LogP contribution is 2.41. The zero-order valence-electron chi connectivity index (χ0n) is 13.6. The fourth-order valence-corrected chi connectivity index (χ4v) is 2.59. The van der Waals surface area contributed by atoms with Crippen LogP contribution in [0.2, 0.25) is 0 Å². The Kier molecular flexibility index (Phi) is 5.74. The second-order valence-corrected chi connectivity index (χ2v) is 6.47. The van der Waals surface area contributed by atoms with Crippen LogP contribution in [0.3, 0.4) is 0 Å². The molecule has 0 bridgehead atoms. The van der Waals surface area contributed by atoms with E-state index in [2.05, 4.69) is 10.1 Å². The summed E-state index contributed by atoms with van der Waals surface area (Å²) < 4.78 is 41.9. The van der Waals surface area contributed by atoms with Gasteiger partial charge >= 0.3 is 6.43 Å². The molecule has 2 rings (SSSR count). The lowest BCUT2D eigenvalue weighted by Crippen LogP contribution is -2.37. The van der Waals surface area contributed by atoms with Crippen LogP contribution in [0.25, 0.3) is 0 Å². The fraction of sp³-hybridized carbons (Fsp3) is 0.588. The molecule has 1 aromatic rings. The molecule has 3 atom stereocenters. The third-order valence-electron chi connectivity index (χ3n) is 4.16. The van der Waals surface area contributed by atoms with Crippen LogP contribution in [0.4, 0.5) is 13.2 Å². The maximum Gasteiger partial charge on any atom is 0.304 e. The highest BCUT2D eigenvalue weighted by molar-refractivity contribution is 5.77. The average molecular weight is 345 g/mol. The lowest BCUT2D eigenvalue weighted by molar-refractivity contribution is -0.126. The molecule has 24 heavy (non-hydrogen) atoms. The summed E-state index contributed by atoms with van der Waals surface area (Å²) in [7, 11) is 0. The van der Waals surface area contributed by atoms with Crippen molar-refractivity contribution in [3.8, 4) is 5.75 Å². The molecule has 1 aromatic carbocycles. The van der Waals surface area contributed by atoms with Crippen molar-refractivity contribution in [2.45, 2.75) is 57.5 Å². The Bertz CT molecular complexity index is 576. The van der Waals surface area contributed by atoms with Gasteiger partial charge in [0, 0.05) is 0 Å². The summed E-state index contributed by atoms with van der Waals surface area (Å²) in [5.41, 5.74) is -0.429. The fourth-order valence-electron chi connectivity index (χ4n) is 2.59. The van der Waals surface area contributed by atoms with E-state index in [1.165, 1.54) is 18.2 Å². The van der Waals surface area contributed by atoms with E-state index in [9.17, 15) is 23.1 Å². The number of rotatable bonds is 8. The second kappa shape index (κ2) is 7.42. The molecule has 1 aliphatic carbocycles. The molecule has 1 saturated carbocycles. The van der Waals surface area contributed by atoms with Crippen LogP contribution in [0.1, 0.15) is 44.7 Å². The van der Waals surface area contributed by atoms with Gasteiger partial charge in [0.25, 0.3) is 6.36 Å². The topological polar surface area (TPSA) is 58.6 Å². The molecule has 7 heteroatoms. The maximum absolute atomic E-state index is 13.0. The van der Waals surface area contributed by atoms with Crippen molar-refractivity contribution in [2.75, 3.05) is 0 Å². The molecule has 0 heterocycles. The Labute approximate surface area is 139 Å². The number of alkyl halides is 3. The van der Waals surface area contributed by atoms with Gasteiger partial charge < -0.3 is 15.2 Å². The van der Waals surface area contributed by atoms with Gasteiger partial charge in [-0.2, -0.15) is 4.39 Å². The minimum absolute atomic E-state index is 0.00384. The van der Waals surface area contributed by atoms with Crippen molar-refractivity contribution in [2.24, 2.45) is 5.92 Å². The van der Waals surface area contributed by atoms with E-state index in [4.69, 9.17) is 0 Å². The van der Waals surface area contributed by atoms with E-state index in [-0.39, 0.29) is 24.0 Å². The molecule has 0 aromatic heterocycles. The molecular weight excluding hydrogens is 323 g/mol. The molecule has 1 fully saturated rings. The summed E-state index contributed by atoms with van der Waals surface area (Å²) in [4.78, 5) is 12.1. The number of halogens is 3. The van der Waals surface area contributed by atoms with Crippen LogP contribution >= 0.6 is 0 Å². The van der Waals surface area contributed by atoms with Crippen LogP contribution in [0.15, 0.2) is 24.3 Å². The van der Waals surface area contributed by atoms with Crippen LogP contribution in [0, 0.1) is 5.92 Å². The average Bonchev–Trinajstić information content (AvgIpc) is 3.31. The highest BCUT2D eigenvalue weighted by atomic mass is 19.3. The first-order valence-corrected chi connectivity index (χ1v) is 7.89. The summed E-state index contributed by atoms with van der Waals surface area (Å²) >= 11 is 0. The van der Waals surface area contributed by atoms with Gasteiger partial charge in [0.1, 0.15) is 5.75 Å². The van der Waals surface area contributed by atoms with Crippen molar-refractivity contribution in [3.05, 3.63) is 29.8 Å². The van der Waals surface area contributed by atoms with E-state index >= 15 is 0 Å². The van der Waals surface area contributed by atoms with Gasteiger partial charge in [-0.15, -0.1) is 0 Å². The third kappa shape index (κ3) is 5.12. The SMILES string of the molecule is C[C@H](NC(=O)CC(C)(O)C1CC1)c1cccc(OC(F)C(F)F)c1. The molecule has 2 N–H and O–H groups in total. The Morgan fingerprint density at radius 3 is 2.67 bits per heavy atom. The maximum atomic E-state index is 13.0. The van der Waals surface area contributed by atoms with Gasteiger partial charge in [-0.1, -0.05) is 12.1 Å². The van der Waals surface area contributed by atoms with E-state index in [0.717, 1.165) is 12.8 Å². The van der Waals surface area contributed by atoms with Crippen molar-refractivity contribution < 1.29 is 27.8 Å². The Morgan fingerprint density at radius 1 is 1.42 bits per heavy atom. The molecule has 1 aliphatic rings. The van der Waals surface area contributed by atoms with Crippen LogP contribution in [0.5, 0.6) is 5.75 Å². The number of hydrogen-bond donors (Lipinski definition) is 2. The minimum atomic E-state index is -3.23. The predicted octanol–water partition coefficient (Wildman–Crippen LogP) is 3.35. The van der Waals surface area contributed by atoms with E-state index in [0.29, 0.717) is 5.56 Å². The molecule has 134 valence electrons. The first-order chi connectivity index (χ1) is 11.2. The van der Waals surface area contributed by atoms with E-state index in [1.807, 2.05) is 0 Å². The van der Waals surface area contributed by atoms with Gasteiger partial charge in [-0.3, -0.25) is 4.79 Å². The molecule has 0 radical (unpaired) electrons. The first kappa shape index (κ1) is 18.6. The Hall–Kier alpha value is -1.76. The summed E-state index contributed by atoms with van der Waals surface area (Å²) in [5, 5.41) is 13.0. The van der Waals surface area contributed by atoms with Gasteiger partial charge in [0.05, 0.1) is 18.1 Å². The van der Waals surface area contributed by atoms with Crippen LogP contribution in [-0.4, -0.2) is 29.4 Å². The third-order valence-corrected chi connectivity index (χ3v) is 4.16. The number of nitrogens with one attached hydrogen (secondary N) is 1. The summed E-state index contributed by atoms with van der Waals surface area (Å²) in [6, 6.07) is 5.54. The predicted molar refractivity (Wildman–Crippen MR) is 82.5 cm³/mol. The van der Waals surface area contributed by atoms with Crippen molar-refractivity contribution in [3.63, 3.8) is 0 Å². The molecule has 1 amide bonds. The monoisotopic (exact) mass is 345 g/mol. The van der Waals surface area contributed by atoms with E-state index < -0.39 is 24.4 Å². The van der Waals surface area contributed by atoms with E-state index in [1.54, 1.807) is 19.9 Å². The molecule has 2 unspecified atom stereocenters. The summed E-state index contributed by atoms with van der Waals surface area (Å²) in [5.74, 6) is -0.181. The Balaban J connectivity index is 1.94. The zero-order chi connectivity index (χ0) is 17.9.